The molecule has 1 heterocycles. The Bertz CT molecular complexity index is 739. The lowest BCUT2D eigenvalue weighted by molar-refractivity contribution is -0.384. The van der Waals surface area contributed by atoms with Gasteiger partial charge in [-0.05, 0) is 35.4 Å². The third kappa shape index (κ3) is 5.01. The maximum Gasteiger partial charge on any atom is 0.269 e. The second-order valence-electron chi connectivity index (χ2n) is 5.95. The maximum absolute atomic E-state index is 10.6. The Morgan fingerprint density at radius 1 is 1.04 bits per heavy atom. The summed E-state index contributed by atoms with van der Waals surface area (Å²) in [5, 5.41) is 17.9. The largest absolute Gasteiger partial charge is 0.295 e. The van der Waals surface area contributed by atoms with Crippen LogP contribution in [0.1, 0.15) is 11.1 Å². The first kappa shape index (κ1) is 17.4. The van der Waals surface area contributed by atoms with E-state index in [4.69, 9.17) is 11.6 Å². The van der Waals surface area contributed by atoms with Crippen molar-refractivity contribution in [2.75, 3.05) is 26.2 Å². The Morgan fingerprint density at radius 3 is 2.28 bits per heavy atom. The molecule has 0 N–H and O–H groups in total. The molecule has 0 atom stereocenters. The second kappa shape index (κ2) is 8.09. The molecule has 1 saturated heterocycles. The van der Waals surface area contributed by atoms with Crippen molar-refractivity contribution in [2.45, 2.75) is 6.54 Å². The van der Waals surface area contributed by atoms with Crippen LogP contribution >= 0.6 is 11.6 Å². The van der Waals surface area contributed by atoms with E-state index in [0.29, 0.717) is 0 Å². The van der Waals surface area contributed by atoms with Crippen molar-refractivity contribution >= 4 is 23.5 Å². The van der Waals surface area contributed by atoms with Gasteiger partial charge >= 0.3 is 0 Å². The number of nitrogens with zero attached hydrogens (tertiary/aromatic N) is 4. The number of nitro groups is 1. The van der Waals surface area contributed by atoms with Crippen LogP contribution in [0.5, 0.6) is 0 Å². The number of rotatable bonds is 5. The molecule has 1 fully saturated rings. The number of hydrogen-bond acceptors (Lipinski definition) is 5. The van der Waals surface area contributed by atoms with Crippen molar-refractivity contribution in [2.24, 2.45) is 5.10 Å². The molecule has 0 unspecified atom stereocenters. The molecular weight excluding hydrogens is 340 g/mol. The van der Waals surface area contributed by atoms with Crippen molar-refractivity contribution in [3.63, 3.8) is 0 Å². The van der Waals surface area contributed by atoms with Gasteiger partial charge in [0.15, 0.2) is 0 Å². The van der Waals surface area contributed by atoms with Crippen LogP contribution in [-0.4, -0.2) is 47.2 Å². The number of hydrazone groups is 1. The van der Waals surface area contributed by atoms with Gasteiger partial charge in [-0.2, -0.15) is 5.10 Å². The Labute approximate surface area is 151 Å². The highest BCUT2D eigenvalue weighted by molar-refractivity contribution is 6.30. The first-order valence-corrected chi connectivity index (χ1v) is 8.48. The molecule has 0 saturated carbocycles. The van der Waals surface area contributed by atoms with Gasteiger partial charge < -0.3 is 0 Å². The summed E-state index contributed by atoms with van der Waals surface area (Å²) < 4.78 is 0. The minimum absolute atomic E-state index is 0.0907. The van der Waals surface area contributed by atoms with Crippen LogP contribution in [0.4, 0.5) is 5.69 Å². The zero-order valence-electron chi connectivity index (χ0n) is 13.7. The summed E-state index contributed by atoms with van der Waals surface area (Å²) in [7, 11) is 0. The van der Waals surface area contributed by atoms with Gasteiger partial charge in [0.1, 0.15) is 0 Å². The van der Waals surface area contributed by atoms with Crippen LogP contribution in [0.2, 0.25) is 5.02 Å². The standard InChI is InChI=1S/C18H19ClN4O2/c19-17-5-1-16(2-6-17)14-21-9-11-22(12-10-21)20-13-15-3-7-18(8-4-15)23(24)25/h1-8,13H,9-12,14H2/b20-13-. The average Bonchev–Trinajstić information content (AvgIpc) is 2.63. The second-order valence-corrected chi connectivity index (χ2v) is 6.39. The van der Waals surface area contributed by atoms with Gasteiger partial charge in [-0.1, -0.05) is 23.7 Å². The SMILES string of the molecule is O=[N+]([O-])c1ccc(/C=N\N2CCN(Cc3ccc(Cl)cc3)CC2)cc1. The number of nitro benzene ring substituents is 1. The number of non-ortho nitro benzene ring substituents is 1. The molecule has 130 valence electrons. The van der Waals surface area contributed by atoms with E-state index in [1.807, 2.05) is 17.1 Å². The summed E-state index contributed by atoms with van der Waals surface area (Å²) >= 11 is 5.91. The molecular formula is C18H19ClN4O2. The Kier molecular flexibility index (Phi) is 5.63. The Morgan fingerprint density at radius 2 is 1.68 bits per heavy atom. The average molecular weight is 359 g/mol. The van der Waals surface area contributed by atoms with Crippen molar-refractivity contribution in [1.82, 2.24) is 9.91 Å². The lowest BCUT2D eigenvalue weighted by Gasteiger charge is -2.33. The molecule has 2 aromatic rings. The molecule has 0 aliphatic carbocycles. The summed E-state index contributed by atoms with van der Waals surface area (Å²) in [6, 6.07) is 14.3. The van der Waals surface area contributed by atoms with Gasteiger partial charge in [-0.25, -0.2) is 0 Å². The monoisotopic (exact) mass is 358 g/mol. The van der Waals surface area contributed by atoms with Gasteiger partial charge in [0.2, 0.25) is 0 Å². The van der Waals surface area contributed by atoms with Gasteiger partial charge in [0.05, 0.1) is 11.1 Å². The Hall–Kier alpha value is -2.44. The molecule has 0 bridgehead atoms. The quantitative estimate of drug-likeness (QED) is 0.467. The van der Waals surface area contributed by atoms with Gasteiger partial charge in [-0.3, -0.25) is 20.0 Å². The Balaban J connectivity index is 1.48. The van der Waals surface area contributed by atoms with Crippen molar-refractivity contribution in [1.29, 1.82) is 0 Å². The normalized spacial score (nSPS) is 15.6. The molecule has 0 radical (unpaired) electrons. The minimum atomic E-state index is -0.402. The highest BCUT2D eigenvalue weighted by Crippen LogP contribution is 2.14. The first-order chi connectivity index (χ1) is 12.1. The van der Waals surface area contributed by atoms with Crippen LogP contribution in [0.25, 0.3) is 0 Å². The summed E-state index contributed by atoms with van der Waals surface area (Å²) in [5.74, 6) is 0. The fraction of sp³-hybridized carbons (Fsp3) is 0.278. The molecule has 0 amide bonds. The van der Waals surface area contributed by atoms with Gasteiger partial charge in [0, 0.05) is 49.9 Å². The molecule has 2 aromatic carbocycles. The van der Waals surface area contributed by atoms with Crippen LogP contribution in [0.3, 0.4) is 0 Å². The van der Waals surface area contributed by atoms with E-state index in [1.54, 1.807) is 18.3 Å². The van der Waals surface area contributed by atoms with E-state index in [2.05, 4.69) is 22.1 Å². The molecule has 1 aliphatic heterocycles. The zero-order valence-corrected chi connectivity index (χ0v) is 14.5. The molecule has 0 spiro atoms. The van der Waals surface area contributed by atoms with Crippen LogP contribution < -0.4 is 0 Å². The van der Waals surface area contributed by atoms with E-state index >= 15 is 0 Å². The predicted octanol–water partition coefficient (Wildman–Crippen LogP) is 3.40. The first-order valence-electron chi connectivity index (χ1n) is 8.10. The summed E-state index contributed by atoms with van der Waals surface area (Å²) in [6.07, 6.45) is 1.75. The topological polar surface area (TPSA) is 62.0 Å². The van der Waals surface area contributed by atoms with Crippen LogP contribution in [0.15, 0.2) is 53.6 Å². The van der Waals surface area contributed by atoms with Gasteiger partial charge in [-0.15, -0.1) is 0 Å². The van der Waals surface area contributed by atoms with Crippen molar-refractivity contribution < 1.29 is 4.92 Å². The fourth-order valence-corrected chi connectivity index (χ4v) is 2.82. The predicted molar refractivity (Wildman–Crippen MR) is 99.0 cm³/mol. The fourth-order valence-electron chi connectivity index (χ4n) is 2.69. The van der Waals surface area contributed by atoms with E-state index in [1.165, 1.54) is 17.7 Å². The molecule has 1 aliphatic rings. The molecule has 6 nitrogen and oxygen atoms in total. The third-order valence-corrected chi connectivity index (χ3v) is 4.39. The molecule has 3 rings (SSSR count). The third-order valence-electron chi connectivity index (χ3n) is 4.14. The molecule has 0 aromatic heterocycles. The molecule has 25 heavy (non-hydrogen) atoms. The lowest BCUT2D eigenvalue weighted by Crippen LogP contribution is -2.43. The summed E-state index contributed by atoms with van der Waals surface area (Å²) in [6.45, 7) is 4.52. The number of benzene rings is 2. The van der Waals surface area contributed by atoms with E-state index in [-0.39, 0.29) is 5.69 Å². The minimum Gasteiger partial charge on any atom is -0.295 e. The van der Waals surface area contributed by atoms with Crippen LogP contribution in [0, 0.1) is 10.1 Å². The van der Waals surface area contributed by atoms with E-state index < -0.39 is 4.92 Å². The van der Waals surface area contributed by atoms with E-state index in [0.717, 1.165) is 43.3 Å². The zero-order chi connectivity index (χ0) is 17.6. The van der Waals surface area contributed by atoms with Crippen molar-refractivity contribution in [3.8, 4) is 0 Å². The summed E-state index contributed by atoms with van der Waals surface area (Å²) in [5.41, 5.74) is 2.20. The highest BCUT2D eigenvalue weighted by Gasteiger charge is 2.15. The summed E-state index contributed by atoms with van der Waals surface area (Å²) in [4.78, 5) is 12.6. The molecule has 7 heteroatoms. The van der Waals surface area contributed by atoms with Crippen LogP contribution in [-0.2, 0) is 6.54 Å². The number of hydrogen-bond donors (Lipinski definition) is 0. The maximum atomic E-state index is 10.6. The van der Waals surface area contributed by atoms with E-state index in [9.17, 15) is 10.1 Å². The van der Waals surface area contributed by atoms with Crippen molar-refractivity contribution in [3.05, 3.63) is 74.8 Å². The number of halogens is 1. The van der Waals surface area contributed by atoms with Gasteiger partial charge in [0.25, 0.3) is 5.69 Å². The number of piperazine rings is 1. The smallest absolute Gasteiger partial charge is 0.269 e. The lowest BCUT2D eigenvalue weighted by atomic mass is 10.2. The highest BCUT2D eigenvalue weighted by atomic mass is 35.5.